The third-order valence-corrected chi connectivity index (χ3v) is 4.59. The normalized spacial score (nSPS) is 10.3. The van der Waals surface area contributed by atoms with Crippen LogP contribution in [0.2, 0.25) is 5.02 Å². The number of ether oxygens (including phenoxy) is 1. The van der Waals surface area contributed by atoms with E-state index in [2.05, 4.69) is 5.32 Å². The van der Waals surface area contributed by atoms with Crippen LogP contribution in [0.1, 0.15) is 15.9 Å². The van der Waals surface area contributed by atoms with Crippen molar-refractivity contribution in [2.75, 3.05) is 18.2 Å². The molecule has 0 saturated carbocycles. The first kappa shape index (κ1) is 19.7. The summed E-state index contributed by atoms with van der Waals surface area (Å²) in [4.78, 5) is 34.8. The summed E-state index contributed by atoms with van der Waals surface area (Å²) in [5.74, 6) is -1.37. The molecule has 7 nitrogen and oxygen atoms in total. The lowest BCUT2D eigenvalue weighted by Crippen LogP contribution is -2.21. The lowest BCUT2D eigenvalue weighted by atomic mass is 10.2. The van der Waals surface area contributed by atoms with Crippen LogP contribution in [0.15, 0.2) is 41.3 Å². The van der Waals surface area contributed by atoms with Gasteiger partial charge in [0.1, 0.15) is 0 Å². The largest absolute Gasteiger partial charge is 0.452 e. The molecular weight excluding hydrogens is 380 g/mol. The molecule has 0 spiro atoms. The summed E-state index contributed by atoms with van der Waals surface area (Å²) in [5.41, 5.74) is 1.15. The van der Waals surface area contributed by atoms with Gasteiger partial charge in [0.15, 0.2) is 6.61 Å². The average molecular weight is 395 g/mol. The molecule has 0 unspecified atom stereocenters. The van der Waals surface area contributed by atoms with Gasteiger partial charge in [0.25, 0.3) is 11.6 Å². The number of anilines is 1. The molecule has 0 bridgehead atoms. The first-order valence-electron chi connectivity index (χ1n) is 7.37. The fourth-order valence-corrected chi connectivity index (χ4v) is 2.77. The number of thioether (sulfide) groups is 1. The number of carbonyl (C=O) groups is 2. The highest BCUT2D eigenvalue weighted by Crippen LogP contribution is 2.28. The van der Waals surface area contributed by atoms with Crippen LogP contribution in [0.3, 0.4) is 0 Å². The lowest BCUT2D eigenvalue weighted by Gasteiger charge is -2.08. The van der Waals surface area contributed by atoms with Crippen LogP contribution in [0.25, 0.3) is 0 Å². The van der Waals surface area contributed by atoms with E-state index in [0.29, 0.717) is 15.6 Å². The highest BCUT2D eigenvalue weighted by Gasteiger charge is 2.18. The standard InChI is InChI=1S/C17H15ClN2O5S/c1-10-3-5-12(8-13(10)18)19-16(21)9-25-17(22)11-4-6-15(26-2)14(7-11)20(23)24/h3-8H,9H2,1-2H3,(H,19,21). The summed E-state index contributed by atoms with van der Waals surface area (Å²) in [6, 6.07) is 9.02. The number of rotatable bonds is 6. The van der Waals surface area contributed by atoms with Gasteiger partial charge in [-0.15, -0.1) is 11.8 Å². The molecule has 0 aliphatic rings. The van der Waals surface area contributed by atoms with Gasteiger partial charge in [-0.05, 0) is 43.0 Å². The van der Waals surface area contributed by atoms with Gasteiger partial charge < -0.3 is 10.1 Å². The van der Waals surface area contributed by atoms with E-state index in [9.17, 15) is 19.7 Å². The van der Waals surface area contributed by atoms with Crippen molar-refractivity contribution < 1.29 is 19.2 Å². The second-order valence-electron chi connectivity index (χ2n) is 5.23. The minimum absolute atomic E-state index is 0.000630. The fourth-order valence-electron chi connectivity index (χ4n) is 2.04. The molecule has 0 aromatic heterocycles. The molecular formula is C17H15ClN2O5S. The molecule has 26 heavy (non-hydrogen) atoms. The Kier molecular flexibility index (Phi) is 6.59. The first-order chi connectivity index (χ1) is 12.3. The number of halogens is 1. The van der Waals surface area contributed by atoms with Crippen LogP contribution in [0.5, 0.6) is 0 Å². The summed E-state index contributed by atoms with van der Waals surface area (Å²) >= 11 is 7.17. The second kappa shape index (κ2) is 8.68. The summed E-state index contributed by atoms with van der Waals surface area (Å²) in [5, 5.41) is 14.1. The summed E-state index contributed by atoms with van der Waals surface area (Å²) < 4.78 is 4.91. The lowest BCUT2D eigenvalue weighted by molar-refractivity contribution is -0.387. The molecule has 0 aliphatic heterocycles. The molecule has 0 fully saturated rings. The monoisotopic (exact) mass is 394 g/mol. The molecule has 0 saturated heterocycles. The van der Waals surface area contributed by atoms with Crippen LogP contribution in [-0.2, 0) is 9.53 Å². The van der Waals surface area contributed by atoms with Crippen molar-refractivity contribution in [2.45, 2.75) is 11.8 Å². The Balaban J connectivity index is 1.99. The molecule has 2 aromatic rings. The Labute approximate surface area is 158 Å². The molecule has 0 aliphatic carbocycles. The molecule has 9 heteroatoms. The maximum absolute atomic E-state index is 12.0. The van der Waals surface area contributed by atoms with Crippen LogP contribution in [-0.4, -0.2) is 29.7 Å². The van der Waals surface area contributed by atoms with Gasteiger partial charge in [0, 0.05) is 16.8 Å². The highest BCUT2D eigenvalue weighted by molar-refractivity contribution is 7.98. The van der Waals surface area contributed by atoms with Crippen molar-refractivity contribution in [3.05, 3.63) is 62.7 Å². The Morgan fingerprint density at radius 3 is 2.62 bits per heavy atom. The van der Waals surface area contributed by atoms with Crippen LogP contribution in [0, 0.1) is 17.0 Å². The van der Waals surface area contributed by atoms with Crippen LogP contribution >= 0.6 is 23.4 Å². The Hall–Kier alpha value is -2.58. The molecule has 0 atom stereocenters. The number of benzene rings is 2. The summed E-state index contributed by atoms with van der Waals surface area (Å²) in [7, 11) is 0. The molecule has 0 heterocycles. The van der Waals surface area contributed by atoms with E-state index < -0.39 is 23.4 Å². The van der Waals surface area contributed by atoms with Crippen molar-refractivity contribution >= 4 is 46.6 Å². The van der Waals surface area contributed by atoms with Gasteiger partial charge in [0.2, 0.25) is 0 Å². The quantitative estimate of drug-likeness (QED) is 0.343. The predicted molar refractivity (Wildman–Crippen MR) is 100.0 cm³/mol. The van der Waals surface area contributed by atoms with Crippen molar-refractivity contribution in [1.29, 1.82) is 0 Å². The third-order valence-electron chi connectivity index (χ3n) is 3.40. The van der Waals surface area contributed by atoms with Gasteiger partial charge in [-0.3, -0.25) is 14.9 Å². The molecule has 2 rings (SSSR count). The molecule has 1 N–H and O–H groups in total. The average Bonchev–Trinajstić information content (AvgIpc) is 2.62. The van der Waals surface area contributed by atoms with Crippen LogP contribution in [0.4, 0.5) is 11.4 Å². The number of nitro groups is 1. The number of amides is 1. The maximum Gasteiger partial charge on any atom is 0.338 e. The molecule has 136 valence electrons. The number of nitrogens with one attached hydrogen (secondary N) is 1. The second-order valence-corrected chi connectivity index (χ2v) is 6.49. The van der Waals surface area contributed by atoms with E-state index in [4.69, 9.17) is 16.3 Å². The number of esters is 1. The number of nitro benzene ring substituents is 1. The van der Waals surface area contributed by atoms with E-state index in [-0.39, 0.29) is 11.3 Å². The third kappa shape index (κ3) is 4.96. The number of nitrogens with zero attached hydrogens (tertiary/aromatic N) is 1. The maximum atomic E-state index is 12.0. The Morgan fingerprint density at radius 2 is 2.00 bits per heavy atom. The van der Waals surface area contributed by atoms with Gasteiger partial charge in [-0.1, -0.05) is 17.7 Å². The van der Waals surface area contributed by atoms with E-state index in [0.717, 1.165) is 11.6 Å². The smallest absolute Gasteiger partial charge is 0.338 e. The first-order valence-corrected chi connectivity index (χ1v) is 8.97. The number of hydrogen-bond acceptors (Lipinski definition) is 6. The van der Waals surface area contributed by atoms with E-state index >= 15 is 0 Å². The zero-order valence-electron chi connectivity index (χ0n) is 13.9. The number of aryl methyl sites for hydroxylation is 1. The van der Waals surface area contributed by atoms with Gasteiger partial charge >= 0.3 is 5.97 Å². The zero-order valence-corrected chi connectivity index (χ0v) is 15.5. The zero-order chi connectivity index (χ0) is 19.3. The minimum Gasteiger partial charge on any atom is -0.452 e. The molecule has 2 aromatic carbocycles. The van der Waals surface area contributed by atoms with E-state index in [1.165, 1.54) is 23.9 Å². The summed E-state index contributed by atoms with van der Waals surface area (Å²) in [6.07, 6.45) is 1.70. The van der Waals surface area contributed by atoms with Gasteiger partial charge in [-0.2, -0.15) is 0 Å². The SMILES string of the molecule is CSc1ccc(C(=O)OCC(=O)Nc2ccc(C)c(Cl)c2)cc1[N+](=O)[O-]. The number of carbonyl (C=O) groups excluding carboxylic acids is 2. The fraction of sp³-hybridized carbons (Fsp3) is 0.176. The van der Waals surface area contributed by atoms with Crippen molar-refractivity contribution in [3.63, 3.8) is 0 Å². The predicted octanol–water partition coefficient (Wildman–Crippen LogP) is 4.07. The topological polar surface area (TPSA) is 98.5 Å². The van der Waals surface area contributed by atoms with E-state index in [1.54, 1.807) is 24.5 Å². The van der Waals surface area contributed by atoms with Gasteiger partial charge in [0.05, 0.1) is 15.4 Å². The van der Waals surface area contributed by atoms with Crippen molar-refractivity contribution in [3.8, 4) is 0 Å². The van der Waals surface area contributed by atoms with Gasteiger partial charge in [-0.25, -0.2) is 4.79 Å². The molecule has 1 amide bonds. The van der Waals surface area contributed by atoms with Crippen LogP contribution < -0.4 is 5.32 Å². The Morgan fingerprint density at radius 1 is 1.27 bits per heavy atom. The van der Waals surface area contributed by atoms with Crippen molar-refractivity contribution in [2.24, 2.45) is 0 Å². The molecule has 0 radical (unpaired) electrons. The Bertz CT molecular complexity index is 872. The summed E-state index contributed by atoms with van der Waals surface area (Å²) in [6.45, 7) is 1.31. The highest BCUT2D eigenvalue weighted by atomic mass is 35.5. The minimum atomic E-state index is -0.821. The number of hydrogen-bond donors (Lipinski definition) is 1. The van der Waals surface area contributed by atoms with E-state index in [1.807, 2.05) is 6.92 Å². The van der Waals surface area contributed by atoms with Crippen molar-refractivity contribution in [1.82, 2.24) is 0 Å².